The Hall–Kier alpha value is -1.63. The van der Waals surface area contributed by atoms with Crippen LogP contribution in [0.15, 0.2) is 0 Å². The molecule has 0 unspecified atom stereocenters. The van der Waals surface area contributed by atoms with Gasteiger partial charge in [-0.2, -0.15) is 0 Å². The van der Waals surface area contributed by atoms with Gasteiger partial charge in [-0.1, -0.05) is 0 Å². The molecule has 1 atom stereocenters. The zero-order valence-electron chi connectivity index (χ0n) is 9.73. The fourth-order valence-corrected chi connectivity index (χ4v) is 2.08. The molecule has 0 aromatic heterocycles. The van der Waals surface area contributed by atoms with Crippen molar-refractivity contribution in [1.82, 2.24) is 20.4 Å². The van der Waals surface area contributed by atoms with Crippen LogP contribution in [-0.4, -0.2) is 66.4 Å². The highest BCUT2D eigenvalue weighted by Gasteiger charge is 2.31. The maximum atomic E-state index is 12.0. The van der Waals surface area contributed by atoms with Crippen LogP contribution < -0.4 is 10.6 Å². The van der Waals surface area contributed by atoms with E-state index in [2.05, 4.69) is 10.6 Å². The lowest BCUT2D eigenvalue weighted by Crippen LogP contribution is -2.54. The summed E-state index contributed by atoms with van der Waals surface area (Å²) in [5.74, 6) is -0.458. The summed E-state index contributed by atoms with van der Waals surface area (Å²) in [7, 11) is 0. The van der Waals surface area contributed by atoms with Crippen LogP contribution in [0, 0.1) is 0 Å². The number of nitrogens with one attached hydrogen (secondary N) is 2. The van der Waals surface area contributed by atoms with Crippen LogP contribution in [0.2, 0.25) is 0 Å². The topological polar surface area (TPSA) is 81.8 Å². The number of nitrogens with zero attached hydrogens (tertiary/aromatic N) is 2. The molecule has 2 fully saturated rings. The van der Waals surface area contributed by atoms with Crippen molar-refractivity contribution in [1.29, 1.82) is 0 Å². The van der Waals surface area contributed by atoms with Gasteiger partial charge in [0.05, 0.1) is 0 Å². The molecule has 7 nitrogen and oxygen atoms in total. The van der Waals surface area contributed by atoms with Crippen molar-refractivity contribution < 1.29 is 14.4 Å². The molecule has 0 spiro atoms. The Morgan fingerprint density at radius 1 is 1.47 bits per heavy atom. The first-order chi connectivity index (χ1) is 8.08. The molecule has 2 aliphatic rings. The molecule has 0 aliphatic carbocycles. The Bertz CT molecular complexity index is 357. The van der Waals surface area contributed by atoms with Crippen molar-refractivity contribution >= 4 is 17.8 Å². The number of urea groups is 1. The van der Waals surface area contributed by atoms with Gasteiger partial charge in [-0.05, 0) is 6.92 Å². The highest BCUT2D eigenvalue weighted by molar-refractivity contribution is 6.03. The van der Waals surface area contributed by atoms with Gasteiger partial charge in [-0.3, -0.25) is 14.9 Å². The third kappa shape index (κ3) is 2.55. The fourth-order valence-electron chi connectivity index (χ4n) is 2.08. The number of carbonyl (C=O) groups is 3. The maximum Gasteiger partial charge on any atom is 0.325 e. The first kappa shape index (κ1) is 11.8. The Labute approximate surface area is 99.1 Å². The standard InChI is InChI=1S/C10H16N4O3/c1-7-4-11-2-3-14(7)9(16)6-13-5-8(15)12-10(13)17/h7,11H,2-6H2,1H3,(H,12,15,17)/t7-/m1/s1. The number of carbonyl (C=O) groups excluding carboxylic acids is 3. The average Bonchev–Trinajstić information content (AvgIpc) is 2.58. The van der Waals surface area contributed by atoms with Gasteiger partial charge in [0.25, 0.3) is 0 Å². The second-order valence-electron chi connectivity index (χ2n) is 4.35. The van der Waals surface area contributed by atoms with E-state index >= 15 is 0 Å². The summed E-state index contributed by atoms with van der Waals surface area (Å²) in [4.78, 5) is 37.2. The van der Waals surface area contributed by atoms with Gasteiger partial charge in [0.1, 0.15) is 13.1 Å². The molecule has 17 heavy (non-hydrogen) atoms. The molecule has 2 saturated heterocycles. The monoisotopic (exact) mass is 240 g/mol. The smallest absolute Gasteiger partial charge is 0.325 e. The third-order valence-corrected chi connectivity index (χ3v) is 3.02. The van der Waals surface area contributed by atoms with Gasteiger partial charge < -0.3 is 15.1 Å². The van der Waals surface area contributed by atoms with Gasteiger partial charge in [0.2, 0.25) is 11.8 Å². The van der Waals surface area contributed by atoms with Gasteiger partial charge in [0, 0.05) is 25.7 Å². The van der Waals surface area contributed by atoms with Crippen LogP contribution >= 0.6 is 0 Å². The normalized spacial score (nSPS) is 25.1. The van der Waals surface area contributed by atoms with Gasteiger partial charge in [0.15, 0.2) is 0 Å². The van der Waals surface area contributed by atoms with Crippen molar-refractivity contribution in [3.63, 3.8) is 0 Å². The fraction of sp³-hybridized carbons (Fsp3) is 0.700. The van der Waals surface area contributed by atoms with E-state index in [0.717, 1.165) is 13.1 Å². The average molecular weight is 240 g/mol. The molecule has 0 bridgehead atoms. The lowest BCUT2D eigenvalue weighted by atomic mass is 10.2. The summed E-state index contributed by atoms with van der Waals surface area (Å²) in [5, 5.41) is 5.34. The van der Waals surface area contributed by atoms with Crippen LogP contribution in [0.4, 0.5) is 4.79 Å². The number of imide groups is 1. The van der Waals surface area contributed by atoms with E-state index in [-0.39, 0.29) is 30.9 Å². The van der Waals surface area contributed by atoms with Gasteiger partial charge in [-0.25, -0.2) is 4.79 Å². The molecule has 2 N–H and O–H groups in total. The summed E-state index contributed by atoms with van der Waals surface area (Å²) in [6.45, 7) is 4.08. The van der Waals surface area contributed by atoms with Crippen LogP contribution in [-0.2, 0) is 9.59 Å². The van der Waals surface area contributed by atoms with Crippen LogP contribution in [0.1, 0.15) is 6.92 Å². The summed E-state index contributed by atoms with van der Waals surface area (Å²) in [5.41, 5.74) is 0. The van der Waals surface area contributed by atoms with E-state index in [1.165, 1.54) is 4.90 Å². The Kier molecular flexibility index (Phi) is 3.28. The summed E-state index contributed by atoms with van der Waals surface area (Å²) < 4.78 is 0. The Balaban J connectivity index is 1.92. The van der Waals surface area contributed by atoms with Crippen molar-refractivity contribution in [3.8, 4) is 0 Å². The zero-order chi connectivity index (χ0) is 12.4. The van der Waals surface area contributed by atoms with Crippen LogP contribution in [0.25, 0.3) is 0 Å². The molecule has 0 radical (unpaired) electrons. The van der Waals surface area contributed by atoms with E-state index < -0.39 is 6.03 Å². The third-order valence-electron chi connectivity index (χ3n) is 3.02. The molecule has 4 amide bonds. The predicted molar refractivity (Wildman–Crippen MR) is 59.2 cm³/mol. The summed E-state index contributed by atoms with van der Waals surface area (Å²) in [6, 6.07) is -0.358. The van der Waals surface area contributed by atoms with Crippen LogP contribution in [0.5, 0.6) is 0 Å². The predicted octanol–water partition coefficient (Wildman–Crippen LogP) is -1.64. The highest BCUT2D eigenvalue weighted by Crippen LogP contribution is 2.05. The van der Waals surface area contributed by atoms with Crippen molar-refractivity contribution in [2.45, 2.75) is 13.0 Å². The number of piperazine rings is 1. The molecule has 0 aromatic carbocycles. The second kappa shape index (κ2) is 4.70. The number of rotatable bonds is 2. The van der Waals surface area contributed by atoms with Crippen molar-refractivity contribution in [2.24, 2.45) is 0 Å². The van der Waals surface area contributed by atoms with E-state index in [4.69, 9.17) is 0 Å². The first-order valence-corrected chi connectivity index (χ1v) is 5.67. The largest absolute Gasteiger partial charge is 0.336 e. The maximum absolute atomic E-state index is 12.0. The van der Waals surface area contributed by atoms with Gasteiger partial charge in [-0.15, -0.1) is 0 Å². The van der Waals surface area contributed by atoms with Crippen molar-refractivity contribution in [3.05, 3.63) is 0 Å². The highest BCUT2D eigenvalue weighted by atomic mass is 16.2. The van der Waals surface area contributed by atoms with E-state index in [1.54, 1.807) is 4.90 Å². The molecule has 0 saturated carbocycles. The number of amides is 4. The molecule has 2 aliphatic heterocycles. The Morgan fingerprint density at radius 2 is 2.24 bits per heavy atom. The minimum Gasteiger partial charge on any atom is -0.336 e. The summed E-state index contributed by atoms with van der Waals surface area (Å²) in [6.07, 6.45) is 0. The molecule has 2 rings (SSSR count). The second-order valence-corrected chi connectivity index (χ2v) is 4.35. The minimum absolute atomic E-state index is 0.0228. The Morgan fingerprint density at radius 3 is 2.82 bits per heavy atom. The number of hydrogen-bond donors (Lipinski definition) is 2. The quantitative estimate of drug-likeness (QED) is 0.567. The zero-order valence-corrected chi connectivity index (χ0v) is 9.73. The molecule has 7 heteroatoms. The van der Waals surface area contributed by atoms with E-state index in [1.807, 2.05) is 6.92 Å². The summed E-state index contributed by atoms with van der Waals surface area (Å²) >= 11 is 0. The van der Waals surface area contributed by atoms with Gasteiger partial charge >= 0.3 is 6.03 Å². The lowest BCUT2D eigenvalue weighted by Gasteiger charge is -2.34. The minimum atomic E-state index is -0.480. The molecule has 94 valence electrons. The SMILES string of the molecule is C[C@@H]1CNCCN1C(=O)CN1CC(=O)NC1=O. The molecular weight excluding hydrogens is 224 g/mol. The lowest BCUT2D eigenvalue weighted by molar-refractivity contribution is -0.134. The molecule has 2 heterocycles. The molecular formula is C10H16N4O3. The van der Waals surface area contributed by atoms with E-state index in [9.17, 15) is 14.4 Å². The number of hydrogen-bond acceptors (Lipinski definition) is 4. The van der Waals surface area contributed by atoms with Crippen molar-refractivity contribution in [2.75, 3.05) is 32.7 Å². The van der Waals surface area contributed by atoms with Crippen LogP contribution in [0.3, 0.4) is 0 Å². The first-order valence-electron chi connectivity index (χ1n) is 5.67. The van der Waals surface area contributed by atoms with E-state index in [0.29, 0.717) is 6.54 Å². The molecule has 0 aromatic rings.